The zero-order valence-electron chi connectivity index (χ0n) is 7.42. The SMILES string of the molecule is CCC1CCCC(O)[C@H]1OC. The van der Waals surface area contributed by atoms with Crippen LogP contribution in [0.5, 0.6) is 0 Å². The van der Waals surface area contributed by atoms with Gasteiger partial charge < -0.3 is 9.84 Å². The van der Waals surface area contributed by atoms with Crippen LogP contribution in [0.2, 0.25) is 0 Å². The van der Waals surface area contributed by atoms with Crippen LogP contribution in [0.3, 0.4) is 0 Å². The van der Waals surface area contributed by atoms with E-state index in [1.165, 1.54) is 6.42 Å². The van der Waals surface area contributed by atoms with Crippen molar-refractivity contribution in [3.05, 3.63) is 0 Å². The van der Waals surface area contributed by atoms with E-state index in [4.69, 9.17) is 4.74 Å². The van der Waals surface area contributed by atoms with Gasteiger partial charge in [-0.15, -0.1) is 0 Å². The Morgan fingerprint density at radius 2 is 2.18 bits per heavy atom. The third-order valence-corrected chi connectivity index (χ3v) is 2.72. The number of ether oxygens (including phenoxy) is 1. The standard InChI is InChI=1S/C9H18O2/c1-3-7-5-4-6-8(10)9(7)11-2/h7-10H,3-6H2,1-2H3/t7?,8?,9-/m0/s1. The average molecular weight is 158 g/mol. The molecule has 2 nitrogen and oxygen atoms in total. The fourth-order valence-electron chi connectivity index (χ4n) is 2.02. The van der Waals surface area contributed by atoms with Crippen LogP contribution in [0.25, 0.3) is 0 Å². The highest BCUT2D eigenvalue weighted by Gasteiger charge is 2.30. The van der Waals surface area contributed by atoms with Gasteiger partial charge in [-0.25, -0.2) is 0 Å². The molecule has 0 bridgehead atoms. The Bertz CT molecular complexity index is 114. The van der Waals surface area contributed by atoms with E-state index in [1.54, 1.807) is 7.11 Å². The summed E-state index contributed by atoms with van der Waals surface area (Å²) in [6.45, 7) is 2.16. The van der Waals surface area contributed by atoms with E-state index in [1.807, 2.05) is 0 Å². The first-order valence-corrected chi connectivity index (χ1v) is 4.50. The summed E-state index contributed by atoms with van der Waals surface area (Å²) >= 11 is 0. The Labute approximate surface area is 68.6 Å². The van der Waals surface area contributed by atoms with Crippen LogP contribution in [0.4, 0.5) is 0 Å². The second kappa shape index (κ2) is 4.07. The molecule has 2 heteroatoms. The first kappa shape index (κ1) is 9.01. The lowest BCUT2D eigenvalue weighted by molar-refractivity contribution is -0.0699. The predicted molar refractivity (Wildman–Crippen MR) is 44.4 cm³/mol. The Morgan fingerprint density at radius 3 is 2.64 bits per heavy atom. The van der Waals surface area contributed by atoms with Crippen molar-refractivity contribution in [2.24, 2.45) is 5.92 Å². The summed E-state index contributed by atoms with van der Waals surface area (Å²) in [7, 11) is 1.70. The molecule has 0 aromatic heterocycles. The van der Waals surface area contributed by atoms with Gasteiger partial charge in [0.15, 0.2) is 0 Å². The van der Waals surface area contributed by atoms with Crippen molar-refractivity contribution in [1.29, 1.82) is 0 Å². The van der Waals surface area contributed by atoms with E-state index in [-0.39, 0.29) is 12.2 Å². The topological polar surface area (TPSA) is 29.5 Å². The summed E-state index contributed by atoms with van der Waals surface area (Å²) in [4.78, 5) is 0. The van der Waals surface area contributed by atoms with Crippen molar-refractivity contribution in [2.45, 2.75) is 44.8 Å². The van der Waals surface area contributed by atoms with Gasteiger partial charge in [0, 0.05) is 7.11 Å². The minimum Gasteiger partial charge on any atom is -0.390 e. The van der Waals surface area contributed by atoms with E-state index in [0.29, 0.717) is 5.92 Å². The lowest BCUT2D eigenvalue weighted by Gasteiger charge is -2.33. The summed E-state index contributed by atoms with van der Waals surface area (Å²) in [5, 5.41) is 9.55. The molecule has 0 radical (unpaired) electrons. The van der Waals surface area contributed by atoms with Gasteiger partial charge in [0.25, 0.3) is 0 Å². The molecular weight excluding hydrogens is 140 g/mol. The van der Waals surface area contributed by atoms with Crippen LogP contribution in [-0.4, -0.2) is 24.4 Å². The van der Waals surface area contributed by atoms with Crippen molar-refractivity contribution in [1.82, 2.24) is 0 Å². The van der Waals surface area contributed by atoms with Crippen molar-refractivity contribution < 1.29 is 9.84 Å². The summed E-state index contributed by atoms with van der Waals surface area (Å²) in [5.41, 5.74) is 0. The number of rotatable bonds is 2. The Morgan fingerprint density at radius 1 is 1.45 bits per heavy atom. The molecule has 1 aliphatic carbocycles. The average Bonchev–Trinajstić information content (AvgIpc) is 2.04. The van der Waals surface area contributed by atoms with Gasteiger partial charge in [0.1, 0.15) is 0 Å². The zero-order chi connectivity index (χ0) is 8.27. The maximum Gasteiger partial charge on any atom is 0.0858 e. The molecule has 3 atom stereocenters. The molecule has 66 valence electrons. The molecule has 0 spiro atoms. The van der Waals surface area contributed by atoms with Crippen LogP contribution in [0.1, 0.15) is 32.6 Å². The predicted octanol–water partition coefficient (Wildman–Crippen LogP) is 1.57. The molecule has 0 amide bonds. The van der Waals surface area contributed by atoms with E-state index in [2.05, 4.69) is 6.92 Å². The highest BCUT2D eigenvalue weighted by Crippen LogP contribution is 2.28. The number of aliphatic hydroxyl groups excluding tert-OH is 1. The molecular formula is C9H18O2. The van der Waals surface area contributed by atoms with Crippen LogP contribution in [0, 0.1) is 5.92 Å². The van der Waals surface area contributed by atoms with Crippen LogP contribution < -0.4 is 0 Å². The summed E-state index contributed by atoms with van der Waals surface area (Å²) < 4.78 is 5.26. The molecule has 0 aromatic rings. The van der Waals surface area contributed by atoms with Crippen LogP contribution >= 0.6 is 0 Å². The Hall–Kier alpha value is -0.0800. The number of methoxy groups -OCH3 is 1. The van der Waals surface area contributed by atoms with E-state index >= 15 is 0 Å². The van der Waals surface area contributed by atoms with Crippen LogP contribution in [-0.2, 0) is 4.74 Å². The molecule has 0 saturated heterocycles. The third kappa shape index (κ3) is 1.94. The molecule has 1 aliphatic rings. The molecule has 11 heavy (non-hydrogen) atoms. The fraction of sp³-hybridized carbons (Fsp3) is 1.00. The van der Waals surface area contributed by atoms with E-state index in [9.17, 15) is 5.11 Å². The van der Waals surface area contributed by atoms with Crippen molar-refractivity contribution in [2.75, 3.05) is 7.11 Å². The quantitative estimate of drug-likeness (QED) is 0.661. The van der Waals surface area contributed by atoms with Crippen molar-refractivity contribution >= 4 is 0 Å². The number of hydrogen-bond acceptors (Lipinski definition) is 2. The maximum absolute atomic E-state index is 9.55. The fourth-order valence-corrected chi connectivity index (χ4v) is 2.02. The monoisotopic (exact) mass is 158 g/mol. The Kier molecular flexibility index (Phi) is 3.34. The highest BCUT2D eigenvalue weighted by atomic mass is 16.5. The molecule has 1 N–H and O–H groups in total. The minimum atomic E-state index is -0.223. The molecule has 0 aliphatic heterocycles. The van der Waals surface area contributed by atoms with Gasteiger partial charge in [-0.3, -0.25) is 0 Å². The molecule has 1 rings (SSSR count). The summed E-state index contributed by atoms with van der Waals surface area (Å²) in [6, 6.07) is 0. The third-order valence-electron chi connectivity index (χ3n) is 2.72. The normalized spacial score (nSPS) is 39.0. The lowest BCUT2D eigenvalue weighted by Crippen LogP contribution is -2.38. The first-order chi connectivity index (χ1) is 5.29. The molecule has 1 fully saturated rings. The van der Waals surface area contributed by atoms with Gasteiger partial charge in [0.05, 0.1) is 12.2 Å². The number of aliphatic hydroxyl groups is 1. The van der Waals surface area contributed by atoms with Gasteiger partial charge in [0.2, 0.25) is 0 Å². The van der Waals surface area contributed by atoms with E-state index in [0.717, 1.165) is 19.3 Å². The van der Waals surface area contributed by atoms with Gasteiger partial charge in [-0.05, 0) is 18.8 Å². The summed E-state index contributed by atoms with van der Waals surface area (Å²) in [5.74, 6) is 0.573. The van der Waals surface area contributed by atoms with Crippen LogP contribution in [0.15, 0.2) is 0 Å². The summed E-state index contributed by atoms with van der Waals surface area (Å²) in [6.07, 6.45) is 4.27. The highest BCUT2D eigenvalue weighted by molar-refractivity contribution is 4.81. The van der Waals surface area contributed by atoms with Crippen molar-refractivity contribution in [3.8, 4) is 0 Å². The lowest BCUT2D eigenvalue weighted by atomic mass is 9.83. The second-order valence-corrected chi connectivity index (χ2v) is 3.37. The molecule has 0 aromatic carbocycles. The van der Waals surface area contributed by atoms with Gasteiger partial charge in [-0.1, -0.05) is 19.8 Å². The molecule has 2 unspecified atom stereocenters. The molecule has 0 heterocycles. The van der Waals surface area contributed by atoms with Gasteiger partial charge in [-0.2, -0.15) is 0 Å². The second-order valence-electron chi connectivity index (χ2n) is 3.37. The smallest absolute Gasteiger partial charge is 0.0858 e. The molecule has 1 saturated carbocycles. The van der Waals surface area contributed by atoms with E-state index < -0.39 is 0 Å². The van der Waals surface area contributed by atoms with Crippen molar-refractivity contribution in [3.63, 3.8) is 0 Å². The number of hydrogen-bond donors (Lipinski definition) is 1. The minimum absolute atomic E-state index is 0.0914. The first-order valence-electron chi connectivity index (χ1n) is 4.50. The Balaban J connectivity index is 2.48. The largest absolute Gasteiger partial charge is 0.390 e. The van der Waals surface area contributed by atoms with Gasteiger partial charge >= 0.3 is 0 Å². The zero-order valence-corrected chi connectivity index (χ0v) is 7.42. The maximum atomic E-state index is 9.55.